The summed E-state index contributed by atoms with van der Waals surface area (Å²) < 4.78 is 11.1. The van der Waals surface area contributed by atoms with E-state index in [-0.39, 0.29) is 17.0 Å². The Morgan fingerprint density at radius 3 is 2.39 bits per heavy atom. The maximum Gasteiger partial charge on any atom is 0.211 e. The number of hydrogen-bond donors (Lipinski definition) is 0. The van der Waals surface area contributed by atoms with Crippen LogP contribution in [0.5, 0.6) is 0 Å². The first-order valence-corrected chi connectivity index (χ1v) is 6.27. The zero-order valence-electron chi connectivity index (χ0n) is 11.5. The highest BCUT2D eigenvalue weighted by molar-refractivity contribution is 5.95. The van der Waals surface area contributed by atoms with Crippen LogP contribution in [0.25, 0.3) is 0 Å². The molecule has 1 saturated heterocycles. The van der Waals surface area contributed by atoms with Crippen LogP contribution in [0, 0.1) is 0 Å². The van der Waals surface area contributed by atoms with E-state index in [2.05, 4.69) is 32.6 Å². The Morgan fingerprint density at radius 1 is 1.28 bits per heavy atom. The van der Waals surface area contributed by atoms with Crippen molar-refractivity contribution < 1.29 is 13.9 Å². The van der Waals surface area contributed by atoms with E-state index in [0.717, 1.165) is 13.1 Å². The van der Waals surface area contributed by atoms with E-state index in [1.54, 1.807) is 12.1 Å². The van der Waals surface area contributed by atoms with Gasteiger partial charge in [0.15, 0.2) is 5.76 Å². The molecule has 18 heavy (non-hydrogen) atoms. The second-order valence-corrected chi connectivity index (χ2v) is 6.17. The smallest absolute Gasteiger partial charge is 0.211 e. The van der Waals surface area contributed by atoms with Gasteiger partial charge in [0, 0.05) is 13.1 Å². The van der Waals surface area contributed by atoms with Crippen molar-refractivity contribution in [1.82, 2.24) is 4.90 Å². The van der Waals surface area contributed by atoms with Gasteiger partial charge >= 0.3 is 0 Å². The number of nitrogens with zero attached hydrogens (tertiary/aromatic N) is 1. The molecular weight excluding hydrogens is 230 g/mol. The minimum absolute atomic E-state index is 0.0218. The van der Waals surface area contributed by atoms with Gasteiger partial charge in [-0.05, 0) is 39.8 Å². The first-order valence-electron chi connectivity index (χ1n) is 6.27. The van der Waals surface area contributed by atoms with E-state index in [4.69, 9.17) is 9.15 Å². The molecular formula is C14H21NO3. The summed E-state index contributed by atoms with van der Waals surface area (Å²) in [5.41, 5.74) is -0.462. The summed E-state index contributed by atoms with van der Waals surface area (Å²) in [5.74, 6) is 0.450. The second kappa shape index (κ2) is 4.52. The predicted molar refractivity (Wildman–Crippen MR) is 68.7 cm³/mol. The molecule has 4 nitrogen and oxygen atoms in total. The molecule has 2 heterocycles. The van der Waals surface area contributed by atoms with Gasteiger partial charge < -0.3 is 9.15 Å². The average molecular weight is 251 g/mol. The second-order valence-electron chi connectivity index (χ2n) is 6.17. The Kier molecular flexibility index (Phi) is 3.34. The highest BCUT2D eigenvalue weighted by Gasteiger charge is 2.38. The molecule has 0 bridgehead atoms. The third-order valence-corrected chi connectivity index (χ3v) is 2.92. The minimum Gasteiger partial charge on any atom is -0.461 e. The zero-order valence-corrected chi connectivity index (χ0v) is 11.5. The van der Waals surface area contributed by atoms with Crippen LogP contribution in [0.15, 0.2) is 22.8 Å². The van der Waals surface area contributed by atoms with Gasteiger partial charge in [-0.3, -0.25) is 9.69 Å². The summed E-state index contributed by atoms with van der Waals surface area (Å²) in [4.78, 5) is 14.2. The number of ether oxygens (including phenoxy) is 1. The van der Waals surface area contributed by atoms with Crippen LogP contribution < -0.4 is 0 Å². The summed E-state index contributed by atoms with van der Waals surface area (Å²) in [6, 6.07) is 3.44. The van der Waals surface area contributed by atoms with Gasteiger partial charge in [-0.1, -0.05) is 0 Å². The fourth-order valence-electron chi connectivity index (χ4n) is 2.78. The Hall–Kier alpha value is -1.13. The standard InChI is InChI=1S/C14H21NO3/c1-13(2)9-15(10-14(3,4)18-13)8-11(16)12-6-5-7-17-12/h5-7H,8-10H2,1-4H3. The minimum atomic E-state index is -0.231. The molecule has 1 aliphatic heterocycles. The zero-order chi connectivity index (χ0) is 13.4. The summed E-state index contributed by atoms with van der Waals surface area (Å²) in [6.07, 6.45) is 1.53. The topological polar surface area (TPSA) is 42.7 Å². The number of hydrogen-bond acceptors (Lipinski definition) is 4. The molecule has 0 radical (unpaired) electrons. The molecule has 4 heteroatoms. The van der Waals surface area contributed by atoms with Crippen molar-refractivity contribution in [3.63, 3.8) is 0 Å². The number of furan rings is 1. The van der Waals surface area contributed by atoms with Crippen molar-refractivity contribution in [2.45, 2.75) is 38.9 Å². The molecule has 0 unspecified atom stereocenters. The van der Waals surface area contributed by atoms with Crippen LogP contribution in [-0.4, -0.2) is 41.5 Å². The SMILES string of the molecule is CC1(C)CN(CC(=O)c2ccco2)CC(C)(C)O1. The average Bonchev–Trinajstić information content (AvgIpc) is 2.63. The highest BCUT2D eigenvalue weighted by atomic mass is 16.5. The van der Waals surface area contributed by atoms with Crippen molar-refractivity contribution in [2.24, 2.45) is 0 Å². The summed E-state index contributed by atoms with van der Waals surface area (Å²) >= 11 is 0. The molecule has 1 aliphatic rings. The van der Waals surface area contributed by atoms with Gasteiger partial charge in [0.1, 0.15) is 0 Å². The molecule has 1 aromatic rings. The molecule has 2 rings (SSSR count). The third kappa shape index (κ3) is 3.21. The Bertz CT molecular complexity index is 404. The van der Waals surface area contributed by atoms with Gasteiger partial charge in [-0.2, -0.15) is 0 Å². The number of morpholine rings is 1. The van der Waals surface area contributed by atoms with Crippen LogP contribution in [0.4, 0.5) is 0 Å². The molecule has 0 aliphatic carbocycles. The van der Waals surface area contributed by atoms with Gasteiger partial charge in [0.05, 0.1) is 24.0 Å². The molecule has 0 N–H and O–H groups in total. The van der Waals surface area contributed by atoms with E-state index in [1.165, 1.54) is 6.26 Å². The molecule has 100 valence electrons. The number of rotatable bonds is 3. The quantitative estimate of drug-likeness (QED) is 0.773. The van der Waals surface area contributed by atoms with Crippen LogP contribution in [0.1, 0.15) is 38.2 Å². The molecule has 0 amide bonds. The van der Waals surface area contributed by atoms with E-state index in [9.17, 15) is 4.79 Å². The van der Waals surface area contributed by atoms with Crippen LogP contribution in [0.2, 0.25) is 0 Å². The normalized spacial score (nSPS) is 22.9. The molecule has 1 fully saturated rings. The van der Waals surface area contributed by atoms with Gasteiger partial charge in [-0.25, -0.2) is 0 Å². The van der Waals surface area contributed by atoms with E-state index >= 15 is 0 Å². The third-order valence-electron chi connectivity index (χ3n) is 2.92. The van der Waals surface area contributed by atoms with Crippen LogP contribution in [0.3, 0.4) is 0 Å². The van der Waals surface area contributed by atoms with Crippen molar-refractivity contribution in [1.29, 1.82) is 0 Å². The van der Waals surface area contributed by atoms with Crippen molar-refractivity contribution in [3.05, 3.63) is 24.2 Å². The largest absolute Gasteiger partial charge is 0.461 e. The van der Waals surface area contributed by atoms with Gasteiger partial charge in [0.25, 0.3) is 0 Å². The molecule has 1 aromatic heterocycles. The number of ketones is 1. The summed E-state index contributed by atoms with van der Waals surface area (Å²) in [7, 11) is 0. The first kappa shape index (κ1) is 13.3. The van der Waals surface area contributed by atoms with Gasteiger partial charge in [0.2, 0.25) is 5.78 Å². The van der Waals surface area contributed by atoms with Crippen molar-refractivity contribution in [2.75, 3.05) is 19.6 Å². The highest BCUT2D eigenvalue weighted by Crippen LogP contribution is 2.28. The lowest BCUT2D eigenvalue weighted by Gasteiger charge is -2.46. The maximum absolute atomic E-state index is 12.0. The lowest BCUT2D eigenvalue weighted by atomic mass is 9.98. The van der Waals surface area contributed by atoms with Crippen molar-refractivity contribution >= 4 is 5.78 Å². The summed E-state index contributed by atoms with van der Waals surface area (Å²) in [6.45, 7) is 10.1. The number of carbonyl (C=O) groups is 1. The molecule has 0 atom stereocenters. The van der Waals surface area contributed by atoms with E-state index < -0.39 is 0 Å². The van der Waals surface area contributed by atoms with E-state index in [1.807, 2.05) is 0 Å². The Morgan fingerprint density at radius 2 is 1.89 bits per heavy atom. The monoisotopic (exact) mass is 251 g/mol. The van der Waals surface area contributed by atoms with Gasteiger partial charge in [-0.15, -0.1) is 0 Å². The number of carbonyl (C=O) groups excluding carboxylic acids is 1. The van der Waals surface area contributed by atoms with E-state index in [0.29, 0.717) is 12.3 Å². The Balaban J connectivity index is 2.03. The number of Topliss-reactive ketones (excluding diaryl/α,β-unsaturated/α-hetero) is 1. The Labute approximate surface area is 108 Å². The fourth-order valence-corrected chi connectivity index (χ4v) is 2.78. The van der Waals surface area contributed by atoms with Crippen LogP contribution >= 0.6 is 0 Å². The lowest BCUT2D eigenvalue weighted by molar-refractivity contribution is -0.178. The predicted octanol–water partition coefficient (Wildman–Crippen LogP) is 2.35. The molecule has 0 aromatic carbocycles. The van der Waals surface area contributed by atoms with Crippen molar-refractivity contribution in [3.8, 4) is 0 Å². The molecule has 0 saturated carbocycles. The lowest BCUT2D eigenvalue weighted by Crippen LogP contribution is -2.57. The summed E-state index contributed by atoms with van der Waals surface area (Å²) in [5, 5.41) is 0. The maximum atomic E-state index is 12.0. The molecule has 0 spiro atoms. The van der Waals surface area contributed by atoms with Crippen LogP contribution in [-0.2, 0) is 4.74 Å². The first-order chi connectivity index (χ1) is 8.27. The fraction of sp³-hybridized carbons (Fsp3) is 0.643.